The molecule has 0 unspecified atom stereocenters. The van der Waals surface area contributed by atoms with Crippen LogP contribution in [0.25, 0.3) is 5.69 Å². The molecule has 2 aromatic rings. The molecule has 138 valence electrons. The van der Waals surface area contributed by atoms with Crippen LogP contribution in [0.1, 0.15) is 26.4 Å². The molecule has 0 aliphatic carbocycles. The Bertz CT molecular complexity index is 857. The summed E-state index contributed by atoms with van der Waals surface area (Å²) >= 11 is 0. The standard InChI is InChI=1S/C16H20N6O4/c17-11-6-13(22-8-12(18)14(20-22)16(24)25)9(5-10(11)15(19)23)7-21-1-3-26-4-2-21/h5-6,8H,1-4,7,17-18H2,(H2,19,23)(H,24,25). The number of carbonyl (C=O) groups excluding carboxylic acids is 1. The molecule has 1 aliphatic rings. The van der Waals surface area contributed by atoms with E-state index < -0.39 is 11.9 Å². The molecule has 1 amide bonds. The van der Waals surface area contributed by atoms with Gasteiger partial charge >= 0.3 is 5.97 Å². The van der Waals surface area contributed by atoms with Crippen molar-refractivity contribution in [3.8, 4) is 5.69 Å². The van der Waals surface area contributed by atoms with Crippen LogP contribution in [0, 0.1) is 0 Å². The number of anilines is 2. The number of nitrogen functional groups attached to an aromatic ring is 2. The number of nitrogens with two attached hydrogens (primary N) is 3. The van der Waals surface area contributed by atoms with Crippen LogP contribution in [0.4, 0.5) is 11.4 Å². The van der Waals surface area contributed by atoms with E-state index >= 15 is 0 Å². The number of morpholine rings is 1. The van der Waals surface area contributed by atoms with Gasteiger partial charge in [-0.3, -0.25) is 9.69 Å². The molecule has 0 radical (unpaired) electrons. The fraction of sp³-hybridized carbons (Fsp3) is 0.312. The Kier molecular flexibility index (Phi) is 4.78. The third-order valence-electron chi connectivity index (χ3n) is 4.21. The Morgan fingerprint density at radius 1 is 1.19 bits per heavy atom. The van der Waals surface area contributed by atoms with E-state index in [0.717, 1.165) is 18.7 Å². The van der Waals surface area contributed by atoms with E-state index in [1.165, 1.54) is 10.9 Å². The minimum Gasteiger partial charge on any atom is -0.476 e. The highest BCUT2D eigenvalue weighted by Gasteiger charge is 2.20. The summed E-state index contributed by atoms with van der Waals surface area (Å²) < 4.78 is 6.70. The van der Waals surface area contributed by atoms with Crippen LogP contribution in [0.2, 0.25) is 0 Å². The molecule has 26 heavy (non-hydrogen) atoms. The van der Waals surface area contributed by atoms with Crippen LogP contribution in [0.3, 0.4) is 0 Å². The molecular formula is C16H20N6O4. The van der Waals surface area contributed by atoms with Gasteiger partial charge in [-0.1, -0.05) is 0 Å². The van der Waals surface area contributed by atoms with E-state index in [0.29, 0.717) is 25.4 Å². The van der Waals surface area contributed by atoms with Gasteiger partial charge in [-0.2, -0.15) is 5.10 Å². The first-order valence-electron chi connectivity index (χ1n) is 7.98. The number of carboxylic acids is 1. The van der Waals surface area contributed by atoms with Gasteiger partial charge in [0.2, 0.25) is 0 Å². The van der Waals surface area contributed by atoms with Gasteiger partial charge in [0.15, 0.2) is 5.69 Å². The maximum atomic E-state index is 11.7. The van der Waals surface area contributed by atoms with E-state index in [4.69, 9.17) is 27.0 Å². The SMILES string of the molecule is NC(=O)c1cc(CN2CCOCC2)c(-n2cc(N)c(C(=O)O)n2)cc1N. The molecule has 0 atom stereocenters. The lowest BCUT2D eigenvalue weighted by Gasteiger charge is -2.27. The predicted molar refractivity (Wildman–Crippen MR) is 94.0 cm³/mol. The molecule has 10 heteroatoms. The van der Waals surface area contributed by atoms with Crippen molar-refractivity contribution in [3.63, 3.8) is 0 Å². The highest BCUT2D eigenvalue weighted by Crippen LogP contribution is 2.25. The molecule has 1 aromatic heterocycles. The molecule has 1 fully saturated rings. The quantitative estimate of drug-likeness (QED) is 0.526. The van der Waals surface area contributed by atoms with E-state index in [1.54, 1.807) is 12.1 Å². The number of hydrogen-bond donors (Lipinski definition) is 4. The Hall–Kier alpha value is -3.11. The number of benzene rings is 1. The van der Waals surface area contributed by atoms with Crippen LogP contribution < -0.4 is 17.2 Å². The largest absolute Gasteiger partial charge is 0.476 e. The van der Waals surface area contributed by atoms with Crippen molar-refractivity contribution < 1.29 is 19.4 Å². The molecule has 0 bridgehead atoms. The molecule has 10 nitrogen and oxygen atoms in total. The number of amides is 1. The molecule has 0 spiro atoms. The monoisotopic (exact) mass is 360 g/mol. The summed E-state index contributed by atoms with van der Waals surface area (Å²) in [4.78, 5) is 25.0. The normalized spacial score (nSPS) is 15.1. The number of carbonyl (C=O) groups is 2. The first-order valence-corrected chi connectivity index (χ1v) is 7.98. The minimum absolute atomic E-state index is 0.0346. The summed E-state index contributed by atoms with van der Waals surface area (Å²) in [5, 5.41) is 13.2. The van der Waals surface area contributed by atoms with Gasteiger partial charge in [0.1, 0.15) is 0 Å². The number of aromatic nitrogens is 2. The molecule has 2 heterocycles. The van der Waals surface area contributed by atoms with Crippen molar-refractivity contribution in [1.82, 2.24) is 14.7 Å². The van der Waals surface area contributed by atoms with Crippen LogP contribution in [0.5, 0.6) is 0 Å². The lowest BCUT2D eigenvalue weighted by Crippen LogP contribution is -2.36. The fourth-order valence-electron chi connectivity index (χ4n) is 2.88. The third kappa shape index (κ3) is 3.46. The number of rotatable bonds is 5. The number of carboxylic acid groups (broad SMARTS) is 1. The fourth-order valence-corrected chi connectivity index (χ4v) is 2.88. The summed E-state index contributed by atoms with van der Waals surface area (Å²) in [5.41, 5.74) is 18.5. The highest BCUT2D eigenvalue weighted by molar-refractivity contribution is 5.98. The maximum Gasteiger partial charge on any atom is 0.358 e. The summed E-state index contributed by atoms with van der Waals surface area (Å²) in [7, 11) is 0. The van der Waals surface area contributed by atoms with Crippen molar-refractivity contribution in [2.24, 2.45) is 5.73 Å². The average molecular weight is 360 g/mol. The van der Waals surface area contributed by atoms with Crippen molar-refractivity contribution in [1.29, 1.82) is 0 Å². The molecule has 1 saturated heterocycles. The van der Waals surface area contributed by atoms with Crippen LogP contribution in [0.15, 0.2) is 18.3 Å². The molecule has 0 saturated carbocycles. The Labute approximate surface area is 149 Å². The number of nitrogens with zero attached hydrogens (tertiary/aromatic N) is 3. The number of primary amides is 1. The van der Waals surface area contributed by atoms with Gasteiger partial charge in [0, 0.05) is 25.3 Å². The summed E-state index contributed by atoms with van der Waals surface area (Å²) in [6.45, 7) is 3.20. The molecular weight excluding hydrogens is 340 g/mol. The lowest BCUT2D eigenvalue weighted by molar-refractivity contribution is 0.0341. The maximum absolute atomic E-state index is 11.7. The van der Waals surface area contributed by atoms with Crippen molar-refractivity contribution in [2.45, 2.75) is 6.54 Å². The molecule has 1 aliphatic heterocycles. The number of hydrogen-bond acceptors (Lipinski definition) is 7. The zero-order valence-electron chi connectivity index (χ0n) is 14.0. The first-order chi connectivity index (χ1) is 12.4. The second kappa shape index (κ2) is 7.02. The van der Waals surface area contributed by atoms with Gasteiger partial charge in [-0.25, -0.2) is 9.48 Å². The van der Waals surface area contributed by atoms with E-state index in [1.807, 2.05) is 0 Å². The van der Waals surface area contributed by atoms with E-state index in [-0.39, 0.29) is 22.6 Å². The van der Waals surface area contributed by atoms with Crippen molar-refractivity contribution in [2.75, 3.05) is 37.8 Å². The van der Waals surface area contributed by atoms with E-state index in [2.05, 4.69) is 10.00 Å². The second-order valence-electron chi connectivity index (χ2n) is 6.00. The third-order valence-corrected chi connectivity index (χ3v) is 4.21. The number of ether oxygens (including phenoxy) is 1. The van der Waals surface area contributed by atoms with Gasteiger partial charge in [-0.15, -0.1) is 0 Å². The predicted octanol–water partition coefficient (Wildman–Crippen LogP) is -0.334. The zero-order chi connectivity index (χ0) is 18.8. The van der Waals surface area contributed by atoms with Crippen LogP contribution in [-0.4, -0.2) is 58.0 Å². The average Bonchev–Trinajstić information content (AvgIpc) is 2.98. The number of aromatic carboxylic acids is 1. The highest BCUT2D eigenvalue weighted by atomic mass is 16.5. The van der Waals surface area contributed by atoms with Gasteiger partial charge in [0.25, 0.3) is 5.91 Å². The lowest BCUT2D eigenvalue weighted by atomic mass is 10.0. The summed E-state index contributed by atoms with van der Waals surface area (Å²) in [6.07, 6.45) is 1.41. The Balaban J connectivity index is 2.07. The summed E-state index contributed by atoms with van der Waals surface area (Å²) in [5.74, 6) is -1.86. The smallest absolute Gasteiger partial charge is 0.358 e. The zero-order valence-corrected chi connectivity index (χ0v) is 14.0. The molecule has 3 rings (SSSR count). The van der Waals surface area contributed by atoms with Crippen LogP contribution in [-0.2, 0) is 11.3 Å². The Morgan fingerprint density at radius 3 is 2.46 bits per heavy atom. The van der Waals surface area contributed by atoms with Gasteiger partial charge in [-0.05, 0) is 17.7 Å². The van der Waals surface area contributed by atoms with Crippen molar-refractivity contribution >= 4 is 23.3 Å². The molecule has 7 N–H and O–H groups in total. The Morgan fingerprint density at radius 2 is 1.88 bits per heavy atom. The topological polar surface area (TPSA) is 163 Å². The second-order valence-corrected chi connectivity index (χ2v) is 6.00. The van der Waals surface area contributed by atoms with Crippen LogP contribution >= 0.6 is 0 Å². The van der Waals surface area contributed by atoms with Gasteiger partial charge in [0.05, 0.1) is 36.3 Å². The van der Waals surface area contributed by atoms with E-state index in [9.17, 15) is 9.59 Å². The molecule has 1 aromatic carbocycles. The minimum atomic E-state index is -1.22. The van der Waals surface area contributed by atoms with Gasteiger partial charge < -0.3 is 27.0 Å². The van der Waals surface area contributed by atoms with Crippen molar-refractivity contribution in [3.05, 3.63) is 35.2 Å². The summed E-state index contributed by atoms with van der Waals surface area (Å²) in [6, 6.07) is 3.16. The first kappa shape index (κ1) is 17.7.